The standard InChI is InChI=1S/C22H28FN5/c1-2-24-21(26-16-22(11-12-22)17-7-4-3-5-8-17)27-18-10-14-28(15-18)20-19(23)9-6-13-25-20/h3-9,13,18H,2,10-12,14-16H2,1H3,(H2,24,26,27). The van der Waals surface area contributed by atoms with Gasteiger partial charge in [0.05, 0.1) is 6.54 Å². The predicted molar refractivity (Wildman–Crippen MR) is 111 cm³/mol. The van der Waals surface area contributed by atoms with Crippen LogP contribution in [-0.4, -0.2) is 43.2 Å². The lowest BCUT2D eigenvalue weighted by Crippen LogP contribution is -2.45. The zero-order valence-corrected chi connectivity index (χ0v) is 16.4. The number of hydrogen-bond acceptors (Lipinski definition) is 3. The van der Waals surface area contributed by atoms with Gasteiger partial charge in [0.2, 0.25) is 0 Å². The summed E-state index contributed by atoms with van der Waals surface area (Å²) in [4.78, 5) is 11.1. The molecule has 1 aromatic heterocycles. The third-order valence-corrected chi connectivity index (χ3v) is 5.69. The van der Waals surface area contributed by atoms with Gasteiger partial charge in [-0.15, -0.1) is 0 Å². The van der Waals surface area contributed by atoms with Crippen LogP contribution < -0.4 is 15.5 Å². The predicted octanol–water partition coefficient (Wildman–Crippen LogP) is 3.09. The molecular weight excluding hydrogens is 353 g/mol. The Kier molecular flexibility index (Phi) is 5.46. The van der Waals surface area contributed by atoms with Crippen LogP contribution in [0.1, 0.15) is 31.7 Å². The van der Waals surface area contributed by atoms with Crippen molar-refractivity contribution in [2.75, 3.05) is 31.1 Å². The van der Waals surface area contributed by atoms with E-state index in [4.69, 9.17) is 4.99 Å². The number of hydrogen-bond donors (Lipinski definition) is 2. The van der Waals surface area contributed by atoms with Gasteiger partial charge in [0.25, 0.3) is 0 Å². The lowest BCUT2D eigenvalue weighted by Gasteiger charge is -2.20. The van der Waals surface area contributed by atoms with Crippen LogP contribution in [0.5, 0.6) is 0 Å². The topological polar surface area (TPSA) is 52.6 Å². The molecule has 4 rings (SSSR count). The largest absolute Gasteiger partial charge is 0.357 e. The molecule has 0 radical (unpaired) electrons. The molecule has 1 unspecified atom stereocenters. The SMILES string of the molecule is CCNC(=NCC1(c2ccccc2)CC1)NC1CCN(c2ncccc2F)C1. The minimum atomic E-state index is -0.262. The van der Waals surface area contributed by atoms with Crippen LogP contribution in [0.2, 0.25) is 0 Å². The molecule has 1 aliphatic heterocycles. The molecule has 2 aliphatic rings. The zero-order chi connectivity index (χ0) is 19.4. The number of nitrogens with one attached hydrogen (secondary N) is 2. The van der Waals surface area contributed by atoms with E-state index in [1.54, 1.807) is 12.3 Å². The van der Waals surface area contributed by atoms with Crippen LogP contribution in [0.25, 0.3) is 0 Å². The number of aliphatic imine (C=N–C) groups is 1. The first-order chi connectivity index (χ1) is 13.7. The third-order valence-electron chi connectivity index (χ3n) is 5.69. The summed E-state index contributed by atoms with van der Waals surface area (Å²) in [6, 6.07) is 14.0. The fourth-order valence-corrected chi connectivity index (χ4v) is 3.90. The maximum atomic E-state index is 14.0. The molecule has 2 fully saturated rings. The molecular formula is C22H28FN5. The molecule has 2 heterocycles. The maximum absolute atomic E-state index is 14.0. The number of aromatic nitrogens is 1. The Morgan fingerprint density at radius 1 is 1.25 bits per heavy atom. The lowest BCUT2D eigenvalue weighted by molar-refractivity contribution is 0.611. The Hall–Kier alpha value is -2.63. The number of guanidine groups is 1. The van der Waals surface area contributed by atoms with E-state index >= 15 is 0 Å². The molecule has 1 saturated carbocycles. The van der Waals surface area contributed by atoms with Gasteiger partial charge in [-0.05, 0) is 43.9 Å². The summed E-state index contributed by atoms with van der Waals surface area (Å²) in [5.41, 5.74) is 1.58. The first kappa shape index (κ1) is 18.7. The van der Waals surface area contributed by atoms with Crippen LogP contribution in [-0.2, 0) is 5.41 Å². The van der Waals surface area contributed by atoms with Crippen molar-refractivity contribution >= 4 is 11.8 Å². The monoisotopic (exact) mass is 381 g/mol. The number of nitrogens with zero attached hydrogens (tertiary/aromatic N) is 3. The summed E-state index contributed by atoms with van der Waals surface area (Å²) in [7, 11) is 0. The van der Waals surface area contributed by atoms with E-state index in [-0.39, 0.29) is 17.3 Å². The van der Waals surface area contributed by atoms with E-state index in [0.717, 1.165) is 38.6 Å². The fraction of sp³-hybridized carbons (Fsp3) is 0.455. The first-order valence-electron chi connectivity index (χ1n) is 10.2. The highest BCUT2D eigenvalue weighted by molar-refractivity contribution is 5.80. The number of pyridine rings is 1. The highest BCUT2D eigenvalue weighted by Gasteiger charge is 2.44. The van der Waals surface area contributed by atoms with Crippen LogP contribution in [0, 0.1) is 5.82 Å². The zero-order valence-electron chi connectivity index (χ0n) is 16.4. The third kappa shape index (κ3) is 4.11. The van der Waals surface area contributed by atoms with E-state index < -0.39 is 0 Å². The van der Waals surface area contributed by atoms with Crippen molar-refractivity contribution in [1.29, 1.82) is 0 Å². The normalized spacial score (nSPS) is 20.9. The molecule has 2 N–H and O–H groups in total. The Bertz CT molecular complexity index is 819. The summed E-state index contributed by atoms with van der Waals surface area (Å²) in [6.07, 6.45) is 4.96. The molecule has 1 atom stereocenters. The second-order valence-electron chi connectivity index (χ2n) is 7.73. The number of anilines is 1. The number of rotatable bonds is 6. The van der Waals surface area contributed by atoms with Gasteiger partial charge < -0.3 is 15.5 Å². The highest BCUT2D eigenvalue weighted by Crippen LogP contribution is 2.48. The second kappa shape index (κ2) is 8.17. The van der Waals surface area contributed by atoms with Crippen molar-refractivity contribution in [2.45, 2.75) is 37.6 Å². The molecule has 5 nitrogen and oxygen atoms in total. The fourth-order valence-electron chi connectivity index (χ4n) is 3.90. The Labute approximate surface area is 166 Å². The van der Waals surface area contributed by atoms with Gasteiger partial charge in [-0.25, -0.2) is 9.37 Å². The lowest BCUT2D eigenvalue weighted by atomic mass is 9.96. The minimum Gasteiger partial charge on any atom is -0.357 e. The van der Waals surface area contributed by atoms with E-state index in [9.17, 15) is 4.39 Å². The summed E-state index contributed by atoms with van der Waals surface area (Å²) < 4.78 is 14.0. The minimum absolute atomic E-state index is 0.197. The summed E-state index contributed by atoms with van der Waals surface area (Å²) in [6.45, 7) is 5.19. The summed E-state index contributed by atoms with van der Waals surface area (Å²) in [5, 5.41) is 6.89. The molecule has 148 valence electrons. The van der Waals surface area contributed by atoms with E-state index in [1.807, 2.05) is 4.90 Å². The van der Waals surface area contributed by atoms with Crippen molar-refractivity contribution in [2.24, 2.45) is 4.99 Å². The van der Waals surface area contributed by atoms with Gasteiger partial charge in [0.15, 0.2) is 17.6 Å². The van der Waals surface area contributed by atoms with Crippen LogP contribution in [0.3, 0.4) is 0 Å². The molecule has 0 amide bonds. The maximum Gasteiger partial charge on any atom is 0.191 e. The van der Waals surface area contributed by atoms with Crippen molar-refractivity contribution in [3.8, 4) is 0 Å². The molecule has 1 aliphatic carbocycles. The van der Waals surface area contributed by atoms with Gasteiger partial charge in [-0.2, -0.15) is 0 Å². The molecule has 0 bridgehead atoms. The van der Waals surface area contributed by atoms with Crippen molar-refractivity contribution in [1.82, 2.24) is 15.6 Å². The average Bonchev–Trinajstić information content (AvgIpc) is 3.38. The van der Waals surface area contributed by atoms with Crippen molar-refractivity contribution < 1.29 is 4.39 Å². The Morgan fingerprint density at radius 3 is 2.79 bits per heavy atom. The van der Waals surface area contributed by atoms with Crippen molar-refractivity contribution in [3.63, 3.8) is 0 Å². The molecule has 1 saturated heterocycles. The first-order valence-corrected chi connectivity index (χ1v) is 10.2. The van der Waals surface area contributed by atoms with Crippen molar-refractivity contribution in [3.05, 3.63) is 60.0 Å². The van der Waals surface area contributed by atoms with Gasteiger partial charge in [-0.3, -0.25) is 4.99 Å². The molecule has 0 spiro atoms. The van der Waals surface area contributed by atoms with Crippen LogP contribution in [0.4, 0.5) is 10.2 Å². The molecule has 6 heteroatoms. The van der Waals surface area contributed by atoms with Gasteiger partial charge in [0.1, 0.15) is 0 Å². The van der Waals surface area contributed by atoms with Gasteiger partial charge in [-0.1, -0.05) is 30.3 Å². The Balaban J connectivity index is 1.39. The Morgan fingerprint density at radius 2 is 2.07 bits per heavy atom. The quantitative estimate of drug-likeness (QED) is 0.596. The number of benzene rings is 1. The average molecular weight is 381 g/mol. The molecule has 2 aromatic rings. The van der Waals surface area contributed by atoms with Gasteiger partial charge in [0, 0.05) is 37.3 Å². The van der Waals surface area contributed by atoms with Crippen LogP contribution >= 0.6 is 0 Å². The van der Waals surface area contributed by atoms with E-state index in [1.165, 1.54) is 24.5 Å². The summed E-state index contributed by atoms with van der Waals surface area (Å²) in [5.74, 6) is 1.02. The van der Waals surface area contributed by atoms with E-state index in [0.29, 0.717) is 5.82 Å². The van der Waals surface area contributed by atoms with Crippen LogP contribution in [0.15, 0.2) is 53.7 Å². The molecule has 1 aromatic carbocycles. The summed E-state index contributed by atoms with van der Waals surface area (Å²) >= 11 is 0. The van der Waals surface area contributed by atoms with E-state index in [2.05, 4.69) is 52.9 Å². The second-order valence-corrected chi connectivity index (χ2v) is 7.73. The highest BCUT2D eigenvalue weighted by atomic mass is 19.1. The molecule has 28 heavy (non-hydrogen) atoms. The smallest absolute Gasteiger partial charge is 0.191 e. The van der Waals surface area contributed by atoms with Gasteiger partial charge >= 0.3 is 0 Å². The number of halogens is 1.